The number of benzene rings is 1. The van der Waals surface area contributed by atoms with Crippen molar-refractivity contribution in [1.82, 2.24) is 15.6 Å². The molecule has 3 rings (SSSR count). The van der Waals surface area contributed by atoms with Crippen LogP contribution >= 0.6 is 0 Å². The van der Waals surface area contributed by atoms with E-state index in [0.717, 1.165) is 30.5 Å². The maximum absolute atomic E-state index is 14.2. The van der Waals surface area contributed by atoms with Gasteiger partial charge in [-0.05, 0) is 48.7 Å². The van der Waals surface area contributed by atoms with Gasteiger partial charge in [0.2, 0.25) is 5.91 Å². The number of nitrogens with zero attached hydrogens (tertiary/aromatic N) is 1. The fourth-order valence-corrected chi connectivity index (χ4v) is 2.81. The molecule has 23 heavy (non-hydrogen) atoms. The lowest BCUT2D eigenvalue weighted by Crippen LogP contribution is -2.29. The molecule has 0 bridgehead atoms. The smallest absolute Gasteiger partial charge is 0.220 e. The number of carbonyl (C=O) groups excluding carboxylic acids is 1. The molecule has 4 nitrogen and oxygen atoms in total. The average Bonchev–Trinajstić information content (AvgIpc) is 2.99. The van der Waals surface area contributed by atoms with E-state index in [0.29, 0.717) is 18.5 Å². The highest BCUT2D eigenvalue weighted by Crippen LogP contribution is 2.21. The van der Waals surface area contributed by atoms with Gasteiger partial charge in [-0.1, -0.05) is 12.1 Å². The lowest BCUT2D eigenvalue weighted by atomic mass is 10.0. The SMILES string of the molecule is O=C1CCC(CCNCc2ccc(-c3ccncc3)cc2F)N1. The number of carbonyl (C=O) groups is 1. The number of hydrogen-bond acceptors (Lipinski definition) is 3. The van der Waals surface area contributed by atoms with Gasteiger partial charge in [0, 0.05) is 37.0 Å². The Morgan fingerprint density at radius 2 is 2.04 bits per heavy atom. The van der Waals surface area contributed by atoms with E-state index in [1.165, 1.54) is 0 Å². The molecule has 1 aromatic heterocycles. The van der Waals surface area contributed by atoms with Crippen LogP contribution in [0.4, 0.5) is 4.39 Å². The largest absolute Gasteiger partial charge is 0.353 e. The predicted octanol–water partition coefficient (Wildman–Crippen LogP) is 2.65. The van der Waals surface area contributed by atoms with Gasteiger partial charge < -0.3 is 10.6 Å². The molecule has 2 aromatic rings. The van der Waals surface area contributed by atoms with Crippen molar-refractivity contribution in [3.63, 3.8) is 0 Å². The molecule has 0 saturated carbocycles. The number of nitrogens with one attached hydrogen (secondary N) is 2. The zero-order valence-electron chi connectivity index (χ0n) is 12.9. The topological polar surface area (TPSA) is 54.0 Å². The summed E-state index contributed by atoms with van der Waals surface area (Å²) < 4.78 is 14.2. The Bertz CT molecular complexity index is 675. The van der Waals surface area contributed by atoms with Gasteiger partial charge in [0.1, 0.15) is 5.82 Å². The van der Waals surface area contributed by atoms with Crippen molar-refractivity contribution in [2.45, 2.75) is 31.8 Å². The van der Waals surface area contributed by atoms with Crippen LogP contribution in [0.15, 0.2) is 42.7 Å². The van der Waals surface area contributed by atoms with Crippen molar-refractivity contribution in [3.05, 3.63) is 54.1 Å². The maximum Gasteiger partial charge on any atom is 0.220 e. The van der Waals surface area contributed by atoms with E-state index in [1.807, 2.05) is 24.3 Å². The average molecular weight is 313 g/mol. The van der Waals surface area contributed by atoms with Crippen LogP contribution in [0.3, 0.4) is 0 Å². The fraction of sp³-hybridized carbons (Fsp3) is 0.333. The molecule has 120 valence electrons. The van der Waals surface area contributed by atoms with Gasteiger partial charge in [-0.25, -0.2) is 4.39 Å². The van der Waals surface area contributed by atoms with Gasteiger partial charge in [-0.3, -0.25) is 9.78 Å². The van der Waals surface area contributed by atoms with E-state index in [-0.39, 0.29) is 17.8 Å². The van der Waals surface area contributed by atoms with Gasteiger partial charge in [-0.2, -0.15) is 0 Å². The fourth-order valence-electron chi connectivity index (χ4n) is 2.81. The van der Waals surface area contributed by atoms with E-state index in [2.05, 4.69) is 15.6 Å². The van der Waals surface area contributed by atoms with E-state index in [4.69, 9.17) is 0 Å². The van der Waals surface area contributed by atoms with Crippen molar-refractivity contribution >= 4 is 5.91 Å². The highest BCUT2D eigenvalue weighted by atomic mass is 19.1. The lowest BCUT2D eigenvalue weighted by Gasteiger charge is -2.11. The van der Waals surface area contributed by atoms with Crippen molar-refractivity contribution in [3.8, 4) is 11.1 Å². The second-order valence-corrected chi connectivity index (χ2v) is 5.81. The van der Waals surface area contributed by atoms with Gasteiger partial charge in [0.15, 0.2) is 0 Å². The Labute approximate surface area is 135 Å². The predicted molar refractivity (Wildman–Crippen MR) is 87.1 cm³/mol. The normalized spacial score (nSPS) is 17.3. The summed E-state index contributed by atoms with van der Waals surface area (Å²) in [6.07, 6.45) is 5.79. The maximum atomic E-state index is 14.2. The number of halogens is 1. The van der Waals surface area contributed by atoms with Crippen LogP contribution in [0.5, 0.6) is 0 Å². The van der Waals surface area contributed by atoms with E-state index >= 15 is 0 Å². The van der Waals surface area contributed by atoms with Crippen LogP contribution < -0.4 is 10.6 Å². The third kappa shape index (κ3) is 4.13. The molecule has 1 saturated heterocycles. The summed E-state index contributed by atoms with van der Waals surface area (Å²) in [5, 5.41) is 6.17. The van der Waals surface area contributed by atoms with Gasteiger partial charge >= 0.3 is 0 Å². The zero-order chi connectivity index (χ0) is 16.1. The van der Waals surface area contributed by atoms with Gasteiger partial charge in [0.05, 0.1) is 0 Å². The molecule has 5 heteroatoms. The Balaban J connectivity index is 1.51. The highest BCUT2D eigenvalue weighted by molar-refractivity contribution is 5.78. The Kier molecular flexibility index (Phi) is 4.98. The van der Waals surface area contributed by atoms with Crippen LogP contribution in [0.2, 0.25) is 0 Å². The monoisotopic (exact) mass is 313 g/mol. The molecule has 1 unspecified atom stereocenters. The van der Waals surface area contributed by atoms with Crippen LogP contribution in [0.25, 0.3) is 11.1 Å². The first-order valence-electron chi connectivity index (χ1n) is 7.91. The third-order valence-electron chi connectivity index (χ3n) is 4.14. The van der Waals surface area contributed by atoms with Gasteiger partial charge in [0.25, 0.3) is 0 Å². The molecule has 1 aromatic carbocycles. The molecule has 0 spiro atoms. The van der Waals surface area contributed by atoms with Crippen molar-refractivity contribution in [1.29, 1.82) is 0 Å². The molecule has 1 aliphatic rings. The molecule has 1 amide bonds. The summed E-state index contributed by atoms with van der Waals surface area (Å²) in [5.41, 5.74) is 2.45. The minimum atomic E-state index is -0.207. The minimum absolute atomic E-state index is 0.132. The zero-order valence-corrected chi connectivity index (χ0v) is 12.9. The summed E-state index contributed by atoms with van der Waals surface area (Å²) in [6.45, 7) is 1.25. The van der Waals surface area contributed by atoms with Crippen molar-refractivity contribution in [2.24, 2.45) is 0 Å². The summed E-state index contributed by atoms with van der Waals surface area (Å²) in [6, 6.07) is 9.28. The van der Waals surface area contributed by atoms with E-state index < -0.39 is 0 Å². The van der Waals surface area contributed by atoms with Crippen LogP contribution in [0.1, 0.15) is 24.8 Å². The molecule has 0 radical (unpaired) electrons. The number of amides is 1. The minimum Gasteiger partial charge on any atom is -0.353 e. The van der Waals surface area contributed by atoms with Crippen molar-refractivity contribution < 1.29 is 9.18 Å². The number of pyridine rings is 1. The molecule has 1 fully saturated rings. The van der Waals surface area contributed by atoms with E-state index in [1.54, 1.807) is 18.5 Å². The molecular formula is C18H20FN3O. The first-order valence-corrected chi connectivity index (χ1v) is 7.91. The molecule has 0 aliphatic carbocycles. The van der Waals surface area contributed by atoms with Crippen LogP contribution in [0, 0.1) is 5.82 Å². The molecule has 1 atom stereocenters. The Morgan fingerprint density at radius 3 is 2.74 bits per heavy atom. The van der Waals surface area contributed by atoms with E-state index in [9.17, 15) is 9.18 Å². The summed E-state index contributed by atoms with van der Waals surface area (Å²) >= 11 is 0. The first-order chi connectivity index (χ1) is 11.2. The highest BCUT2D eigenvalue weighted by Gasteiger charge is 2.19. The number of aromatic nitrogens is 1. The Morgan fingerprint density at radius 1 is 1.22 bits per heavy atom. The Hall–Kier alpha value is -2.27. The number of rotatable bonds is 6. The summed E-state index contributed by atoms with van der Waals surface area (Å²) in [4.78, 5) is 15.1. The van der Waals surface area contributed by atoms with Crippen LogP contribution in [-0.4, -0.2) is 23.5 Å². The quantitative estimate of drug-likeness (QED) is 0.806. The van der Waals surface area contributed by atoms with Crippen LogP contribution in [-0.2, 0) is 11.3 Å². The molecular weight excluding hydrogens is 293 g/mol. The number of hydrogen-bond donors (Lipinski definition) is 2. The standard InChI is InChI=1S/C18H20FN3O/c19-17-11-14(13-5-8-20-9-6-13)1-2-15(17)12-21-10-7-16-3-4-18(23)22-16/h1-2,5-6,8-9,11,16,21H,3-4,7,10,12H2,(H,22,23). The summed E-state index contributed by atoms with van der Waals surface area (Å²) in [7, 11) is 0. The van der Waals surface area contributed by atoms with Crippen molar-refractivity contribution in [2.75, 3.05) is 6.54 Å². The first kappa shape index (κ1) is 15.6. The molecule has 2 N–H and O–H groups in total. The lowest BCUT2D eigenvalue weighted by molar-refractivity contribution is -0.119. The molecule has 2 heterocycles. The van der Waals surface area contributed by atoms with Gasteiger partial charge in [-0.15, -0.1) is 0 Å². The second-order valence-electron chi connectivity index (χ2n) is 5.81. The summed E-state index contributed by atoms with van der Waals surface area (Å²) in [5.74, 6) is -0.0753. The second kappa shape index (κ2) is 7.33. The third-order valence-corrected chi connectivity index (χ3v) is 4.14. The molecule has 1 aliphatic heterocycles.